The highest BCUT2D eigenvalue weighted by atomic mass is 32.1. The smallest absolute Gasteiger partial charge is 0.0908 e. The fourth-order valence-electron chi connectivity index (χ4n) is 9.71. The van der Waals surface area contributed by atoms with Gasteiger partial charge in [0.15, 0.2) is 0 Å². The van der Waals surface area contributed by atoms with E-state index < -0.39 is 0 Å². The first-order valence-electron chi connectivity index (χ1n) is 20.6. The molecular formula is C56H34N4S. The van der Waals surface area contributed by atoms with E-state index in [-0.39, 0.29) is 0 Å². The molecule has 0 bridgehead atoms. The monoisotopic (exact) mass is 794 g/mol. The van der Waals surface area contributed by atoms with Crippen molar-refractivity contribution in [3.05, 3.63) is 207 Å². The molecule has 61 heavy (non-hydrogen) atoms. The van der Waals surface area contributed by atoms with E-state index >= 15 is 0 Å². The van der Waals surface area contributed by atoms with Crippen LogP contribution in [0.1, 0.15) is 0 Å². The van der Waals surface area contributed by atoms with Crippen molar-refractivity contribution in [1.82, 2.24) is 19.1 Å². The van der Waals surface area contributed by atoms with Gasteiger partial charge in [-0.15, -0.1) is 11.3 Å². The van der Waals surface area contributed by atoms with E-state index in [1.165, 1.54) is 80.7 Å². The number of pyridine rings is 2. The molecule has 0 aliphatic rings. The van der Waals surface area contributed by atoms with Crippen LogP contribution in [0.3, 0.4) is 0 Å². The third-order valence-corrected chi connectivity index (χ3v) is 13.5. The van der Waals surface area contributed by atoms with E-state index in [4.69, 9.17) is 9.97 Å². The summed E-state index contributed by atoms with van der Waals surface area (Å²) in [6, 6.07) is 70.2. The highest BCUT2D eigenvalue weighted by Crippen LogP contribution is 2.49. The van der Waals surface area contributed by atoms with Gasteiger partial charge in [0.25, 0.3) is 0 Å². The summed E-state index contributed by atoms with van der Waals surface area (Å²) in [6.07, 6.45) is 3.96. The lowest BCUT2D eigenvalue weighted by Crippen LogP contribution is -1.96. The number of aromatic nitrogens is 4. The molecule has 0 amide bonds. The number of fused-ring (bicyclic) bond motifs is 10. The second-order valence-electron chi connectivity index (χ2n) is 15.8. The molecule has 13 rings (SSSR count). The Labute approximate surface area is 354 Å². The lowest BCUT2D eigenvalue weighted by atomic mass is 9.94. The minimum Gasteiger partial charge on any atom is -0.309 e. The van der Waals surface area contributed by atoms with E-state index in [9.17, 15) is 0 Å². The Morgan fingerprint density at radius 2 is 0.967 bits per heavy atom. The number of rotatable bonds is 5. The van der Waals surface area contributed by atoms with Crippen molar-refractivity contribution >= 4 is 86.2 Å². The Morgan fingerprint density at radius 1 is 0.361 bits per heavy atom. The molecule has 4 nitrogen and oxygen atoms in total. The van der Waals surface area contributed by atoms with E-state index in [1.54, 1.807) is 0 Å². The van der Waals surface area contributed by atoms with Crippen molar-refractivity contribution in [2.24, 2.45) is 0 Å². The molecule has 0 spiro atoms. The van der Waals surface area contributed by atoms with Crippen molar-refractivity contribution in [2.75, 3.05) is 0 Å². The minimum atomic E-state index is 0.863. The predicted molar refractivity (Wildman–Crippen MR) is 257 cm³/mol. The summed E-state index contributed by atoms with van der Waals surface area (Å²) in [5.41, 5.74) is 15.6. The predicted octanol–water partition coefficient (Wildman–Crippen LogP) is 15.2. The SMILES string of the molecule is c1ccc(-c2cnc3cc(-n4c5ccccc5c5c(-c6ccccc6)c6c(cc54)sc4cc5c(cc46)c4ccccc4n5-c4ccccc4-c4ccccc4)cnc3c2)cc1. The van der Waals surface area contributed by atoms with E-state index in [1.807, 2.05) is 29.8 Å². The second kappa shape index (κ2) is 13.3. The van der Waals surface area contributed by atoms with Crippen molar-refractivity contribution in [3.8, 4) is 44.8 Å². The van der Waals surface area contributed by atoms with Crippen molar-refractivity contribution in [1.29, 1.82) is 0 Å². The lowest BCUT2D eigenvalue weighted by Gasteiger charge is -2.14. The summed E-state index contributed by atoms with van der Waals surface area (Å²) in [5, 5.41) is 7.50. The van der Waals surface area contributed by atoms with Crippen LogP contribution in [0.2, 0.25) is 0 Å². The fourth-order valence-corrected chi connectivity index (χ4v) is 10.9. The first-order chi connectivity index (χ1) is 30.3. The maximum atomic E-state index is 5.04. The zero-order chi connectivity index (χ0) is 40.0. The van der Waals surface area contributed by atoms with Gasteiger partial charge >= 0.3 is 0 Å². The van der Waals surface area contributed by atoms with Crippen LogP contribution in [0.25, 0.3) is 120 Å². The largest absolute Gasteiger partial charge is 0.309 e. The molecule has 0 unspecified atom stereocenters. The maximum Gasteiger partial charge on any atom is 0.0908 e. The first kappa shape index (κ1) is 34.0. The summed E-state index contributed by atoms with van der Waals surface area (Å²) < 4.78 is 7.36. The minimum absolute atomic E-state index is 0.863. The van der Waals surface area contributed by atoms with Gasteiger partial charge in [0.05, 0.1) is 50.7 Å². The van der Waals surface area contributed by atoms with Crippen LogP contribution in [0.15, 0.2) is 207 Å². The third kappa shape index (κ3) is 5.18. The second-order valence-corrected chi connectivity index (χ2v) is 16.8. The Kier molecular flexibility index (Phi) is 7.44. The molecule has 284 valence electrons. The summed E-state index contributed by atoms with van der Waals surface area (Å²) in [5.74, 6) is 0. The molecule has 0 saturated carbocycles. The molecule has 5 heteroatoms. The van der Waals surface area contributed by atoms with Gasteiger partial charge in [0, 0.05) is 64.6 Å². The Hall–Kier alpha value is -7.86. The standard InChI is InChI=1S/C56H34N4S/c1-4-16-35(17-5-1)38-28-45-46(57-33-38)29-39(34-58-45)59-49-27-15-12-24-42(49)55-51(59)32-53-56(54(55)37-20-8-3-9-21-37)44-30-43-41-23-11-14-26-48(41)60(50(43)31-52(44)61-53)47-25-13-10-22-40(47)36-18-6-2-7-19-36/h1-34H. The van der Waals surface area contributed by atoms with E-state index in [2.05, 4.69) is 197 Å². The van der Waals surface area contributed by atoms with Gasteiger partial charge in [0.1, 0.15) is 0 Å². The number of nitrogens with zero attached hydrogens (tertiary/aromatic N) is 4. The highest BCUT2D eigenvalue weighted by molar-refractivity contribution is 7.26. The van der Waals surface area contributed by atoms with Gasteiger partial charge in [-0.05, 0) is 65.2 Å². The van der Waals surface area contributed by atoms with Gasteiger partial charge in [-0.2, -0.15) is 0 Å². The van der Waals surface area contributed by atoms with Crippen LogP contribution in [0, 0.1) is 0 Å². The summed E-state index contributed by atoms with van der Waals surface area (Å²) >= 11 is 1.88. The van der Waals surface area contributed by atoms with Crippen LogP contribution >= 0.6 is 11.3 Å². The van der Waals surface area contributed by atoms with Crippen LogP contribution in [-0.4, -0.2) is 19.1 Å². The Balaban J connectivity index is 1.10. The highest BCUT2D eigenvalue weighted by Gasteiger charge is 2.24. The number of para-hydroxylation sites is 3. The molecule has 0 aliphatic heterocycles. The lowest BCUT2D eigenvalue weighted by molar-refractivity contribution is 1.15. The summed E-state index contributed by atoms with van der Waals surface area (Å²) in [6.45, 7) is 0. The molecule has 0 radical (unpaired) electrons. The molecule has 0 aliphatic carbocycles. The van der Waals surface area contributed by atoms with Crippen LogP contribution in [0.4, 0.5) is 0 Å². The Morgan fingerprint density at radius 3 is 1.75 bits per heavy atom. The average molecular weight is 795 g/mol. The average Bonchev–Trinajstić information content (AvgIpc) is 3.97. The van der Waals surface area contributed by atoms with E-state index in [0.717, 1.165) is 38.9 Å². The zero-order valence-electron chi connectivity index (χ0n) is 32.8. The first-order valence-corrected chi connectivity index (χ1v) is 21.5. The van der Waals surface area contributed by atoms with Gasteiger partial charge in [-0.1, -0.05) is 146 Å². The number of thiophene rings is 1. The van der Waals surface area contributed by atoms with E-state index in [0.29, 0.717) is 0 Å². The molecule has 0 atom stereocenters. The maximum absolute atomic E-state index is 5.04. The van der Waals surface area contributed by atoms with Crippen molar-refractivity contribution in [2.45, 2.75) is 0 Å². The molecule has 0 N–H and O–H groups in total. The van der Waals surface area contributed by atoms with Crippen molar-refractivity contribution in [3.63, 3.8) is 0 Å². The molecule has 13 aromatic rings. The van der Waals surface area contributed by atoms with Crippen LogP contribution in [0.5, 0.6) is 0 Å². The van der Waals surface area contributed by atoms with Gasteiger partial charge in [-0.3, -0.25) is 9.97 Å². The van der Waals surface area contributed by atoms with Crippen molar-refractivity contribution < 1.29 is 0 Å². The normalized spacial score (nSPS) is 11.9. The fraction of sp³-hybridized carbons (Fsp3) is 0. The molecular weight excluding hydrogens is 761 g/mol. The topological polar surface area (TPSA) is 35.6 Å². The number of hydrogen-bond donors (Lipinski definition) is 0. The van der Waals surface area contributed by atoms with Gasteiger partial charge in [-0.25, -0.2) is 0 Å². The van der Waals surface area contributed by atoms with Crippen LogP contribution in [-0.2, 0) is 0 Å². The van der Waals surface area contributed by atoms with Gasteiger partial charge in [0.2, 0.25) is 0 Å². The number of benzene rings is 8. The molecule has 5 heterocycles. The molecule has 0 saturated heterocycles. The van der Waals surface area contributed by atoms with Crippen LogP contribution < -0.4 is 0 Å². The summed E-state index contributed by atoms with van der Waals surface area (Å²) in [4.78, 5) is 9.99. The molecule has 0 fully saturated rings. The summed E-state index contributed by atoms with van der Waals surface area (Å²) in [7, 11) is 0. The van der Waals surface area contributed by atoms with Gasteiger partial charge < -0.3 is 9.13 Å². The molecule has 5 aromatic heterocycles. The third-order valence-electron chi connectivity index (χ3n) is 12.4. The number of hydrogen-bond acceptors (Lipinski definition) is 3. The zero-order valence-corrected chi connectivity index (χ0v) is 33.6. The quantitative estimate of drug-likeness (QED) is 0.174. The molecule has 8 aromatic carbocycles. The Bertz CT molecular complexity index is 3860.